The number of phenolic OH excluding ortho intramolecular Hbond substituents is 1. The molecule has 0 bridgehead atoms. The number of aromatic hydroxyl groups is 1. The standard InChI is InChI=1S/C21H23Cl2N3O3/c1-13-6-7-15(22)20(19(13)23)25-18(28)12-26-10-8-14(9-11-26)21(29)24-16-4-2-3-5-17(16)27/h2-7,14,27H,8-12H2,1H3,(H,24,29)(H,25,28). The minimum absolute atomic E-state index is 0.0448. The number of carbonyl (C=O) groups excluding carboxylic acids is 2. The summed E-state index contributed by atoms with van der Waals surface area (Å²) < 4.78 is 0. The molecular weight excluding hydrogens is 413 g/mol. The Hall–Kier alpha value is -2.28. The van der Waals surface area contributed by atoms with Crippen LogP contribution < -0.4 is 10.6 Å². The van der Waals surface area contributed by atoms with Crippen molar-refractivity contribution in [2.24, 2.45) is 5.92 Å². The predicted molar refractivity (Wildman–Crippen MR) is 116 cm³/mol. The predicted octanol–water partition coefficient (Wildman–Crippen LogP) is 4.30. The van der Waals surface area contributed by atoms with Gasteiger partial charge >= 0.3 is 0 Å². The van der Waals surface area contributed by atoms with E-state index in [4.69, 9.17) is 23.2 Å². The van der Waals surface area contributed by atoms with Crippen LogP contribution in [0, 0.1) is 12.8 Å². The first-order valence-corrected chi connectivity index (χ1v) is 10.2. The number of likely N-dealkylation sites (tertiary alicyclic amines) is 1. The summed E-state index contributed by atoms with van der Waals surface area (Å²) in [5.41, 5.74) is 1.67. The average molecular weight is 436 g/mol. The first kappa shape index (κ1) is 21.4. The number of carbonyl (C=O) groups is 2. The number of amides is 2. The monoisotopic (exact) mass is 435 g/mol. The van der Waals surface area contributed by atoms with E-state index in [9.17, 15) is 14.7 Å². The molecule has 29 heavy (non-hydrogen) atoms. The van der Waals surface area contributed by atoms with Gasteiger partial charge in [0, 0.05) is 5.92 Å². The molecule has 3 rings (SSSR count). The molecule has 2 aromatic rings. The van der Waals surface area contributed by atoms with Crippen molar-refractivity contribution in [1.29, 1.82) is 0 Å². The number of rotatable bonds is 5. The van der Waals surface area contributed by atoms with Crippen LogP contribution in [0.1, 0.15) is 18.4 Å². The van der Waals surface area contributed by atoms with Gasteiger partial charge in [-0.3, -0.25) is 14.5 Å². The van der Waals surface area contributed by atoms with E-state index < -0.39 is 0 Å². The van der Waals surface area contributed by atoms with Crippen molar-refractivity contribution in [3.8, 4) is 5.75 Å². The van der Waals surface area contributed by atoms with Gasteiger partial charge in [-0.2, -0.15) is 0 Å². The summed E-state index contributed by atoms with van der Waals surface area (Å²) in [6, 6.07) is 10.1. The Labute approximate surface area is 179 Å². The second-order valence-electron chi connectivity index (χ2n) is 7.16. The third-order valence-corrected chi connectivity index (χ3v) is 5.84. The third-order valence-electron chi connectivity index (χ3n) is 5.04. The zero-order valence-electron chi connectivity index (χ0n) is 16.0. The molecule has 0 atom stereocenters. The van der Waals surface area contributed by atoms with Crippen LogP contribution in [0.15, 0.2) is 36.4 Å². The van der Waals surface area contributed by atoms with Gasteiger partial charge in [-0.15, -0.1) is 0 Å². The molecule has 1 aliphatic rings. The van der Waals surface area contributed by atoms with E-state index in [2.05, 4.69) is 10.6 Å². The molecule has 8 heteroatoms. The molecule has 154 valence electrons. The maximum absolute atomic E-state index is 12.4. The summed E-state index contributed by atoms with van der Waals surface area (Å²) in [6.45, 7) is 3.30. The highest BCUT2D eigenvalue weighted by Gasteiger charge is 2.26. The van der Waals surface area contributed by atoms with Crippen molar-refractivity contribution in [2.45, 2.75) is 19.8 Å². The summed E-state index contributed by atoms with van der Waals surface area (Å²) in [4.78, 5) is 26.9. The number of halogens is 2. The Bertz CT molecular complexity index is 912. The maximum Gasteiger partial charge on any atom is 0.238 e. The van der Waals surface area contributed by atoms with Crippen LogP contribution in [0.25, 0.3) is 0 Å². The number of phenols is 1. The van der Waals surface area contributed by atoms with Gasteiger partial charge in [0.2, 0.25) is 11.8 Å². The topological polar surface area (TPSA) is 81.7 Å². The lowest BCUT2D eigenvalue weighted by Crippen LogP contribution is -2.41. The molecule has 2 aromatic carbocycles. The van der Waals surface area contributed by atoms with Gasteiger partial charge in [0.1, 0.15) is 5.75 Å². The zero-order valence-corrected chi connectivity index (χ0v) is 17.6. The van der Waals surface area contributed by atoms with Crippen molar-refractivity contribution >= 4 is 46.4 Å². The summed E-state index contributed by atoms with van der Waals surface area (Å²) >= 11 is 12.4. The van der Waals surface area contributed by atoms with E-state index in [1.165, 1.54) is 6.07 Å². The van der Waals surface area contributed by atoms with Gasteiger partial charge in [-0.25, -0.2) is 0 Å². The first-order valence-electron chi connectivity index (χ1n) is 9.41. The highest BCUT2D eigenvalue weighted by molar-refractivity contribution is 6.40. The van der Waals surface area contributed by atoms with Crippen LogP contribution in [0.4, 0.5) is 11.4 Å². The number of anilines is 2. The number of hydrogen-bond acceptors (Lipinski definition) is 4. The van der Waals surface area contributed by atoms with Gasteiger partial charge in [0.15, 0.2) is 0 Å². The molecule has 1 fully saturated rings. The van der Waals surface area contributed by atoms with E-state index in [0.717, 1.165) is 5.56 Å². The van der Waals surface area contributed by atoms with E-state index in [1.807, 2.05) is 11.8 Å². The number of hydrogen-bond donors (Lipinski definition) is 3. The summed E-state index contributed by atoms with van der Waals surface area (Å²) in [5.74, 6) is -0.427. The Balaban J connectivity index is 1.50. The second kappa shape index (κ2) is 9.48. The molecular formula is C21H23Cl2N3O3. The fourth-order valence-electron chi connectivity index (χ4n) is 3.32. The molecule has 3 N–H and O–H groups in total. The van der Waals surface area contributed by atoms with Gasteiger partial charge in [-0.1, -0.05) is 41.4 Å². The van der Waals surface area contributed by atoms with Crippen molar-refractivity contribution in [3.05, 3.63) is 52.0 Å². The van der Waals surface area contributed by atoms with Gasteiger partial charge in [0.25, 0.3) is 0 Å². The Morgan fingerprint density at radius 1 is 1.10 bits per heavy atom. The average Bonchev–Trinajstić information content (AvgIpc) is 2.70. The smallest absolute Gasteiger partial charge is 0.238 e. The zero-order chi connectivity index (χ0) is 21.0. The van der Waals surface area contributed by atoms with Gasteiger partial charge in [-0.05, 0) is 56.6 Å². The first-order chi connectivity index (χ1) is 13.8. The normalized spacial score (nSPS) is 15.1. The SMILES string of the molecule is Cc1ccc(Cl)c(NC(=O)CN2CCC(C(=O)Nc3ccccc3O)CC2)c1Cl. The van der Waals surface area contributed by atoms with Crippen LogP contribution in [0.3, 0.4) is 0 Å². The minimum Gasteiger partial charge on any atom is -0.506 e. The van der Waals surface area contributed by atoms with Gasteiger partial charge in [0.05, 0.1) is 28.0 Å². The molecule has 2 amide bonds. The summed E-state index contributed by atoms with van der Waals surface area (Å²) in [7, 11) is 0. The van der Waals surface area contributed by atoms with Crippen molar-refractivity contribution < 1.29 is 14.7 Å². The number of nitrogens with zero attached hydrogens (tertiary/aromatic N) is 1. The highest BCUT2D eigenvalue weighted by Crippen LogP contribution is 2.33. The molecule has 1 saturated heterocycles. The molecule has 0 aromatic heterocycles. The number of aryl methyl sites for hydroxylation is 1. The number of benzene rings is 2. The molecule has 0 spiro atoms. The Kier molecular flexibility index (Phi) is 7.00. The number of piperidine rings is 1. The highest BCUT2D eigenvalue weighted by atomic mass is 35.5. The van der Waals surface area contributed by atoms with Crippen molar-refractivity contribution in [2.75, 3.05) is 30.3 Å². The Morgan fingerprint density at radius 3 is 2.48 bits per heavy atom. The molecule has 0 aliphatic carbocycles. The summed E-state index contributed by atoms with van der Waals surface area (Å²) in [6.07, 6.45) is 1.28. The second-order valence-corrected chi connectivity index (χ2v) is 7.94. The molecule has 0 unspecified atom stereocenters. The quantitative estimate of drug-likeness (QED) is 0.611. The molecule has 0 saturated carbocycles. The lowest BCUT2D eigenvalue weighted by atomic mass is 9.95. The van der Waals surface area contributed by atoms with E-state index >= 15 is 0 Å². The van der Waals surface area contributed by atoms with Crippen LogP contribution in [-0.2, 0) is 9.59 Å². The van der Waals surface area contributed by atoms with Crippen LogP contribution >= 0.6 is 23.2 Å². The third kappa shape index (κ3) is 5.41. The molecule has 1 heterocycles. The van der Waals surface area contributed by atoms with Crippen molar-refractivity contribution in [3.63, 3.8) is 0 Å². The molecule has 0 radical (unpaired) electrons. The van der Waals surface area contributed by atoms with Crippen molar-refractivity contribution in [1.82, 2.24) is 4.90 Å². The maximum atomic E-state index is 12.4. The lowest BCUT2D eigenvalue weighted by Gasteiger charge is -2.30. The van der Waals surface area contributed by atoms with Gasteiger partial charge < -0.3 is 15.7 Å². The van der Waals surface area contributed by atoms with E-state index in [1.54, 1.807) is 30.3 Å². The van der Waals surface area contributed by atoms with Crippen LogP contribution in [0.2, 0.25) is 10.0 Å². The lowest BCUT2D eigenvalue weighted by molar-refractivity contribution is -0.121. The number of nitrogens with one attached hydrogen (secondary N) is 2. The minimum atomic E-state index is -0.198. The number of para-hydroxylation sites is 2. The summed E-state index contributed by atoms with van der Waals surface area (Å²) in [5, 5.41) is 16.2. The van der Waals surface area contributed by atoms with Crippen LogP contribution in [0.5, 0.6) is 5.75 Å². The largest absolute Gasteiger partial charge is 0.506 e. The molecule has 1 aliphatic heterocycles. The fraction of sp³-hybridized carbons (Fsp3) is 0.333. The molecule has 6 nitrogen and oxygen atoms in total. The van der Waals surface area contributed by atoms with E-state index in [-0.39, 0.29) is 30.0 Å². The van der Waals surface area contributed by atoms with Crippen LogP contribution in [-0.4, -0.2) is 41.5 Å². The fourth-order valence-corrected chi connectivity index (χ4v) is 3.79. The van der Waals surface area contributed by atoms with E-state index in [0.29, 0.717) is 47.4 Å². The Morgan fingerprint density at radius 2 is 1.79 bits per heavy atom.